The third-order valence-corrected chi connectivity index (χ3v) is 4.91. The first-order valence-corrected chi connectivity index (χ1v) is 8.43. The monoisotopic (exact) mass is 340 g/mol. The Hall–Kier alpha value is -2.73. The number of hydrogen-bond acceptors (Lipinski definition) is 3. The lowest BCUT2D eigenvalue weighted by molar-refractivity contribution is -0.899. The van der Waals surface area contributed by atoms with Crippen molar-refractivity contribution in [1.29, 1.82) is 0 Å². The molecule has 2 heterocycles. The molecule has 2 aromatic rings. The number of para-hydroxylation sites is 1. The third-order valence-electron chi connectivity index (χ3n) is 4.91. The largest absolute Gasteiger partial charge is 0.360 e. The first kappa shape index (κ1) is 15.8. The lowest BCUT2D eigenvalue weighted by Crippen LogP contribution is -3.16. The number of nitrogens with one attached hydrogen (secondary N) is 1. The number of carbonyl (C=O) groups excluding carboxylic acids is 2. The molecule has 0 saturated carbocycles. The molecule has 0 spiro atoms. The molecule has 2 aliphatic rings. The molecule has 25 heavy (non-hydrogen) atoms. The van der Waals surface area contributed by atoms with E-state index in [2.05, 4.69) is 17.0 Å². The predicted molar refractivity (Wildman–Crippen MR) is 92.4 cm³/mol. The molecule has 1 saturated heterocycles. The maximum absolute atomic E-state index is 13.4. The van der Waals surface area contributed by atoms with Gasteiger partial charge in [-0.2, -0.15) is 0 Å². The van der Waals surface area contributed by atoms with Crippen LogP contribution in [0.25, 0.3) is 0 Å². The molecule has 5 nitrogen and oxygen atoms in total. The van der Waals surface area contributed by atoms with Crippen LogP contribution in [0.1, 0.15) is 10.4 Å². The second-order valence-corrected chi connectivity index (χ2v) is 6.45. The molecule has 128 valence electrons. The number of benzene rings is 2. The fraction of sp³-hybridized carbons (Fsp3) is 0.263. The van der Waals surface area contributed by atoms with Gasteiger partial charge in [0.05, 0.1) is 37.4 Å². The SMILES string of the molecule is O=C1C(=O)N(C[NH+]2CCN(c3ccccc3)CC2)c2ccc(F)cc21. The van der Waals surface area contributed by atoms with Gasteiger partial charge >= 0.3 is 5.91 Å². The lowest BCUT2D eigenvalue weighted by Gasteiger charge is -2.35. The van der Waals surface area contributed by atoms with Gasteiger partial charge < -0.3 is 9.80 Å². The molecule has 4 rings (SSSR count). The molecule has 6 heteroatoms. The van der Waals surface area contributed by atoms with Crippen LogP contribution >= 0.6 is 0 Å². The van der Waals surface area contributed by atoms with E-state index in [9.17, 15) is 14.0 Å². The number of ketones is 1. The van der Waals surface area contributed by atoms with Crippen LogP contribution < -0.4 is 14.7 Å². The van der Waals surface area contributed by atoms with E-state index in [-0.39, 0.29) is 5.56 Å². The van der Waals surface area contributed by atoms with Gasteiger partial charge in [0.15, 0.2) is 6.67 Å². The standard InChI is InChI=1S/C19H18FN3O2/c20-14-6-7-17-16(12-14)18(24)19(25)23(17)13-21-8-10-22(11-9-21)15-4-2-1-3-5-15/h1-7,12H,8-11,13H2/p+1. The zero-order chi connectivity index (χ0) is 17.4. The van der Waals surface area contributed by atoms with E-state index in [4.69, 9.17) is 0 Å². The van der Waals surface area contributed by atoms with Crippen LogP contribution in [0.5, 0.6) is 0 Å². The number of amides is 1. The number of piperazine rings is 1. The molecule has 1 N–H and O–H groups in total. The minimum atomic E-state index is -0.614. The van der Waals surface area contributed by atoms with E-state index in [0.717, 1.165) is 32.2 Å². The number of fused-ring (bicyclic) bond motifs is 1. The minimum Gasteiger partial charge on any atom is -0.360 e. The number of rotatable bonds is 3. The lowest BCUT2D eigenvalue weighted by atomic mass is 10.1. The fourth-order valence-electron chi connectivity index (χ4n) is 3.53. The topological polar surface area (TPSA) is 45.1 Å². The highest BCUT2D eigenvalue weighted by atomic mass is 19.1. The van der Waals surface area contributed by atoms with Gasteiger partial charge in [-0.05, 0) is 30.3 Å². The molecule has 2 aliphatic heterocycles. The molecule has 0 aliphatic carbocycles. The zero-order valence-electron chi connectivity index (χ0n) is 13.7. The van der Waals surface area contributed by atoms with Crippen molar-refractivity contribution in [3.05, 3.63) is 59.9 Å². The van der Waals surface area contributed by atoms with Crippen molar-refractivity contribution in [3.63, 3.8) is 0 Å². The van der Waals surface area contributed by atoms with Crippen LogP contribution in [-0.4, -0.2) is 44.5 Å². The highest BCUT2D eigenvalue weighted by Crippen LogP contribution is 2.28. The van der Waals surface area contributed by atoms with E-state index < -0.39 is 17.5 Å². The predicted octanol–water partition coefficient (Wildman–Crippen LogP) is 0.718. The quantitative estimate of drug-likeness (QED) is 0.838. The van der Waals surface area contributed by atoms with E-state index in [1.807, 2.05) is 18.2 Å². The van der Waals surface area contributed by atoms with Crippen LogP contribution in [-0.2, 0) is 4.79 Å². The van der Waals surface area contributed by atoms with E-state index in [1.165, 1.54) is 27.6 Å². The Balaban J connectivity index is 1.44. The van der Waals surface area contributed by atoms with Gasteiger partial charge in [0.25, 0.3) is 5.78 Å². The van der Waals surface area contributed by atoms with E-state index in [1.54, 1.807) is 0 Å². The summed E-state index contributed by atoms with van der Waals surface area (Å²) in [5.41, 5.74) is 1.90. The third kappa shape index (κ3) is 2.89. The molecule has 0 atom stereocenters. The average molecular weight is 340 g/mol. The Morgan fingerprint density at radius 2 is 1.72 bits per heavy atom. The Kier molecular flexibility index (Phi) is 3.97. The van der Waals surface area contributed by atoms with Crippen LogP contribution in [0.4, 0.5) is 15.8 Å². The van der Waals surface area contributed by atoms with E-state index >= 15 is 0 Å². The second kappa shape index (κ2) is 6.29. The normalized spacial score (nSPS) is 18.0. The van der Waals surface area contributed by atoms with Crippen LogP contribution in [0.2, 0.25) is 0 Å². The molecule has 0 unspecified atom stereocenters. The summed E-state index contributed by atoms with van der Waals surface area (Å²) in [7, 11) is 0. The smallest absolute Gasteiger partial charge is 0.303 e. The van der Waals surface area contributed by atoms with Gasteiger partial charge in [0.2, 0.25) is 0 Å². The second-order valence-electron chi connectivity index (χ2n) is 6.45. The molecule has 0 aromatic heterocycles. The minimum absolute atomic E-state index is 0.173. The summed E-state index contributed by atoms with van der Waals surface area (Å²) < 4.78 is 13.4. The zero-order valence-corrected chi connectivity index (χ0v) is 13.7. The Bertz CT molecular complexity index is 817. The maximum Gasteiger partial charge on any atom is 0.303 e. The fourth-order valence-corrected chi connectivity index (χ4v) is 3.53. The van der Waals surface area contributed by atoms with Crippen molar-refractivity contribution < 1.29 is 18.9 Å². The Labute approximate surface area is 145 Å². The molecule has 2 aromatic carbocycles. The summed E-state index contributed by atoms with van der Waals surface area (Å²) in [6.45, 7) is 3.98. The number of anilines is 2. The number of carbonyl (C=O) groups is 2. The van der Waals surface area contributed by atoms with Gasteiger partial charge in [-0.15, -0.1) is 0 Å². The molecule has 1 amide bonds. The van der Waals surface area contributed by atoms with E-state index in [0.29, 0.717) is 12.4 Å². The highest BCUT2D eigenvalue weighted by Gasteiger charge is 2.38. The number of quaternary nitrogens is 1. The number of nitrogens with zero attached hydrogens (tertiary/aromatic N) is 2. The molecule has 0 bridgehead atoms. The molecular weight excluding hydrogens is 321 g/mol. The van der Waals surface area contributed by atoms with Gasteiger partial charge in [-0.3, -0.25) is 14.5 Å². The molecule has 0 radical (unpaired) electrons. The summed E-state index contributed by atoms with van der Waals surface area (Å²) in [5.74, 6) is -1.67. The van der Waals surface area contributed by atoms with Crippen molar-refractivity contribution in [1.82, 2.24) is 0 Å². The van der Waals surface area contributed by atoms with Crippen molar-refractivity contribution >= 4 is 23.1 Å². The first-order chi connectivity index (χ1) is 12.1. The number of Topliss-reactive ketones (excluding diaryl/α,β-unsaturated/α-hetero) is 1. The van der Waals surface area contributed by atoms with Crippen LogP contribution in [0.3, 0.4) is 0 Å². The summed E-state index contributed by atoms with van der Waals surface area (Å²) in [6, 6.07) is 14.2. The summed E-state index contributed by atoms with van der Waals surface area (Å²) >= 11 is 0. The first-order valence-electron chi connectivity index (χ1n) is 8.43. The number of halogens is 1. The van der Waals surface area contributed by atoms with Crippen molar-refractivity contribution in [2.75, 3.05) is 42.6 Å². The van der Waals surface area contributed by atoms with Crippen LogP contribution in [0, 0.1) is 5.82 Å². The van der Waals surface area contributed by atoms with Gasteiger partial charge in [0.1, 0.15) is 5.82 Å². The van der Waals surface area contributed by atoms with Crippen molar-refractivity contribution in [2.24, 2.45) is 0 Å². The van der Waals surface area contributed by atoms with Crippen molar-refractivity contribution in [2.45, 2.75) is 0 Å². The average Bonchev–Trinajstić information content (AvgIpc) is 2.88. The highest BCUT2D eigenvalue weighted by molar-refractivity contribution is 6.52. The Morgan fingerprint density at radius 3 is 2.44 bits per heavy atom. The number of hydrogen-bond donors (Lipinski definition) is 1. The summed E-state index contributed by atoms with van der Waals surface area (Å²) in [4.78, 5) is 29.4. The van der Waals surface area contributed by atoms with Crippen LogP contribution in [0.15, 0.2) is 48.5 Å². The Morgan fingerprint density at radius 1 is 1.00 bits per heavy atom. The summed E-state index contributed by atoms with van der Waals surface area (Å²) in [6.07, 6.45) is 0. The van der Waals surface area contributed by atoms with Gasteiger partial charge in [-0.1, -0.05) is 18.2 Å². The maximum atomic E-state index is 13.4. The van der Waals surface area contributed by atoms with Crippen molar-refractivity contribution in [3.8, 4) is 0 Å². The van der Waals surface area contributed by atoms with Gasteiger partial charge in [-0.25, -0.2) is 4.39 Å². The summed E-state index contributed by atoms with van der Waals surface area (Å²) in [5, 5.41) is 0. The molecular formula is C19H19FN3O2+. The molecule has 1 fully saturated rings. The van der Waals surface area contributed by atoms with Gasteiger partial charge in [0, 0.05) is 5.69 Å².